The monoisotopic (exact) mass is 336 g/mol. The number of anilines is 1. The van der Waals surface area contributed by atoms with Crippen LogP contribution in [-0.2, 0) is 11.2 Å². The Labute approximate surface area is 148 Å². The van der Waals surface area contributed by atoms with Gasteiger partial charge in [-0.3, -0.25) is 9.59 Å². The maximum absolute atomic E-state index is 12.8. The summed E-state index contributed by atoms with van der Waals surface area (Å²) < 4.78 is 0. The number of carbonyl (C=O) groups is 2. The van der Waals surface area contributed by atoms with Crippen LogP contribution in [0, 0.1) is 5.92 Å². The number of benzene rings is 2. The van der Waals surface area contributed by atoms with E-state index in [0.717, 1.165) is 19.3 Å². The van der Waals surface area contributed by atoms with Gasteiger partial charge in [0.1, 0.15) is 0 Å². The van der Waals surface area contributed by atoms with Crippen molar-refractivity contribution in [2.75, 3.05) is 5.32 Å². The number of nitrogens with one attached hydrogen (secondary N) is 2. The lowest BCUT2D eigenvalue weighted by atomic mass is 9.92. The van der Waals surface area contributed by atoms with Crippen LogP contribution in [0.2, 0.25) is 0 Å². The number of carbonyl (C=O) groups excluding carboxylic acids is 2. The normalized spacial score (nSPS) is 19.4. The van der Waals surface area contributed by atoms with Crippen LogP contribution >= 0.6 is 0 Å². The number of amides is 2. The van der Waals surface area contributed by atoms with E-state index in [1.54, 1.807) is 24.3 Å². The lowest BCUT2D eigenvalue weighted by molar-refractivity contribution is -0.114. The maximum atomic E-state index is 12.8. The Kier molecular flexibility index (Phi) is 5.17. The van der Waals surface area contributed by atoms with Crippen molar-refractivity contribution >= 4 is 17.5 Å². The number of hydrogen-bond donors (Lipinski definition) is 2. The Bertz CT molecular complexity index is 785. The topological polar surface area (TPSA) is 58.2 Å². The number of hydrogen-bond acceptors (Lipinski definition) is 2. The van der Waals surface area contributed by atoms with E-state index in [1.165, 1.54) is 18.1 Å². The lowest BCUT2D eigenvalue weighted by Crippen LogP contribution is -2.32. The quantitative estimate of drug-likeness (QED) is 0.830. The van der Waals surface area contributed by atoms with Crippen molar-refractivity contribution in [2.24, 2.45) is 5.92 Å². The van der Waals surface area contributed by atoms with Crippen LogP contribution in [0.25, 0.3) is 0 Å². The standard InChI is InChI=1S/C21H24N2O2/c1-14-7-5-9-16-8-3-4-12-19(16)20(14)23-21(25)17-10-6-11-18(13-17)22-15(2)24/h3-4,6,8,10-14,20H,5,7,9H2,1-2H3,(H,22,24)(H,23,25)/t14-,20+/m1/s1. The van der Waals surface area contributed by atoms with Crippen LogP contribution in [-0.4, -0.2) is 11.8 Å². The molecular formula is C21H24N2O2. The maximum Gasteiger partial charge on any atom is 0.251 e. The minimum absolute atomic E-state index is 0.00984. The molecule has 0 radical (unpaired) electrons. The van der Waals surface area contributed by atoms with Gasteiger partial charge in [0.25, 0.3) is 5.91 Å². The summed E-state index contributed by atoms with van der Waals surface area (Å²) in [7, 11) is 0. The second-order valence-electron chi connectivity index (χ2n) is 6.78. The zero-order valence-electron chi connectivity index (χ0n) is 14.7. The number of aryl methyl sites for hydroxylation is 1. The Hall–Kier alpha value is -2.62. The summed E-state index contributed by atoms with van der Waals surface area (Å²) in [6.45, 7) is 3.65. The highest BCUT2D eigenvalue weighted by atomic mass is 16.2. The van der Waals surface area contributed by atoms with Gasteiger partial charge in [0, 0.05) is 18.2 Å². The second kappa shape index (κ2) is 7.51. The van der Waals surface area contributed by atoms with E-state index >= 15 is 0 Å². The average Bonchev–Trinajstić information content (AvgIpc) is 2.74. The molecule has 0 saturated heterocycles. The Morgan fingerprint density at radius 2 is 1.88 bits per heavy atom. The lowest BCUT2D eigenvalue weighted by Gasteiger charge is -2.25. The molecular weight excluding hydrogens is 312 g/mol. The first-order valence-corrected chi connectivity index (χ1v) is 8.81. The first-order valence-electron chi connectivity index (χ1n) is 8.81. The van der Waals surface area contributed by atoms with Gasteiger partial charge < -0.3 is 10.6 Å². The van der Waals surface area contributed by atoms with Gasteiger partial charge in [0.05, 0.1) is 6.04 Å². The predicted octanol–water partition coefficient (Wildman–Crippen LogP) is 4.09. The van der Waals surface area contributed by atoms with Crippen molar-refractivity contribution in [1.29, 1.82) is 0 Å². The molecule has 2 aromatic rings. The fourth-order valence-electron chi connectivity index (χ4n) is 3.54. The molecule has 4 nitrogen and oxygen atoms in total. The van der Waals surface area contributed by atoms with E-state index in [9.17, 15) is 9.59 Å². The third-order valence-electron chi connectivity index (χ3n) is 4.80. The molecule has 0 bridgehead atoms. The van der Waals surface area contributed by atoms with Crippen LogP contribution in [0.3, 0.4) is 0 Å². The SMILES string of the molecule is CC(=O)Nc1cccc(C(=O)N[C@@H]2c3ccccc3CCC[C@H]2C)c1. The van der Waals surface area contributed by atoms with Crippen LogP contribution in [0.5, 0.6) is 0 Å². The van der Waals surface area contributed by atoms with Crippen molar-refractivity contribution in [3.63, 3.8) is 0 Å². The molecule has 2 amide bonds. The molecule has 0 fully saturated rings. The third-order valence-corrected chi connectivity index (χ3v) is 4.80. The molecule has 2 N–H and O–H groups in total. The van der Waals surface area contributed by atoms with Gasteiger partial charge in [-0.1, -0.05) is 37.3 Å². The van der Waals surface area contributed by atoms with Gasteiger partial charge in [-0.2, -0.15) is 0 Å². The number of rotatable bonds is 3. The van der Waals surface area contributed by atoms with Gasteiger partial charge in [-0.15, -0.1) is 0 Å². The summed E-state index contributed by atoms with van der Waals surface area (Å²) in [6, 6.07) is 15.4. The summed E-state index contributed by atoms with van der Waals surface area (Å²) in [5.74, 6) is 0.121. The minimum atomic E-state index is -0.149. The highest BCUT2D eigenvalue weighted by Gasteiger charge is 2.26. The van der Waals surface area contributed by atoms with Crippen LogP contribution in [0.1, 0.15) is 54.2 Å². The minimum Gasteiger partial charge on any atom is -0.345 e. The average molecular weight is 336 g/mol. The van der Waals surface area contributed by atoms with Crippen molar-refractivity contribution in [3.8, 4) is 0 Å². The van der Waals surface area contributed by atoms with Gasteiger partial charge >= 0.3 is 0 Å². The molecule has 0 unspecified atom stereocenters. The highest BCUT2D eigenvalue weighted by Crippen LogP contribution is 2.33. The highest BCUT2D eigenvalue weighted by molar-refractivity contribution is 5.97. The molecule has 4 heteroatoms. The molecule has 0 saturated carbocycles. The molecule has 1 aliphatic rings. The smallest absolute Gasteiger partial charge is 0.251 e. The third kappa shape index (κ3) is 4.08. The molecule has 0 heterocycles. The van der Waals surface area contributed by atoms with E-state index in [2.05, 4.69) is 35.8 Å². The van der Waals surface area contributed by atoms with Gasteiger partial charge in [0.2, 0.25) is 5.91 Å². The summed E-state index contributed by atoms with van der Waals surface area (Å²) >= 11 is 0. The molecule has 0 spiro atoms. The van der Waals surface area contributed by atoms with Crippen LogP contribution in [0.15, 0.2) is 48.5 Å². The molecule has 3 rings (SSSR count). The Balaban J connectivity index is 1.83. The molecule has 0 aliphatic heterocycles. The van der Waals surface area contributed by atoms with Crippen molar-refractivity contribution in [1.82, 2.24) is 5.32 Å². The van der Waals surface area contributed by atoms with E-state index in [-0.39, 0.29) is 17.9 Å². The van der Waals surface area contributed by atoms with Crippen LogP contribution in [0.4, 0.5) is 5.69 Å². The number of fused-ring (bicyclic) bond motifs is 1. The first kappa shape index (κ1) is 17.2. The Morgan fingerprint density at radius 1 is 1.08 bits per heavy atom. The summed E-state index contributed by atoms with van der Waals surface area (Å²) in [6.07, 6.45) is 3.29. The predicted molar refractivity (Wildman–Crippen MR) is 99.5 cm³/mol. The van der Waals surface area contributed by atoms with Gasteiger partial charge in [0.15, 0.2) is 0 Å². The molecule has 2 aromatic carbocycles. The molecule has 2 atom stereocenters. The molecule has 130 valence electrons. The van der Waals surface area contributed by atoms with E-state index in [1.807, 2.05) is 6.07 Å². The zero-order valence-corrected chi connectivity index (χ0v) is 14.7. The fourth-order valence-corrected chi connectivity index (χ4v) is 3.54. The molecule has 0 aromatic heterocycles. The summed E-state index contributed by atoms with van der Waals surface area (Å²) in [4.78, 5) is 24.0. The van der Waals surface area contributed by atoms with Crippen molar-refractivity contribution in [3.05, 3.63) is 65.2 Å². The fraction of sp³-hybridized carbons (Fsp3) is 0.333. The van der Waals surface area contributed by atoms with E-state index < -0.39 is 0 Å². The Morgan fingerprint density at radius 3 is 2.68 bits per heavy atom. The van der Waals surface area contributed by atoms with E-state index in [4.69, 9.17) is 0 Å². The van der Waals surface area contributed by atoms with Crippen LogP contribution < -0.4 is 10.6 Å². The second-order valence-corrected chi connectivity index (χ2v) is 6.78. The zero-order chi connectivity index (χ0) is 17.8. The van der Waals surface area contributed by atoms with Gasteiger partial charge in [-0.25, -0.2) is 0 Å². The van der Waals surface area contributed by atoms with Gasteiger partial charge in [-0.05, 0) is 54.5 Å². The summed E-state index contributed by atoms with van der Waals surface area (Å²) in [5, 5.41) is 5.93. The molecule has 1 aliphatic carbocycles. The largest absolute Gasteiger partial charge is 0.345 e. The summed E-state index contributed by atoms with van der Waals surface area (Å²) in [5.41, 5.74) is 3.73. The van der Waals surface area contributed by atoms with E-state index in [0.29, 0.717) is 17.2 Å². The van der Waals surface area contributed by atoms with Crippen molar-refractivity contribution < 1.29 is 9.59 Å². The first-order chi connectivity index (χ1) is 12.0. The van der Waals surface area contributed by atoms with Crippen molar-refractivity contribution in [2.45, 2.75) is 39.2 Å². The molecule has 25 heavy (non-hydrogen) atoms.